The van der Waals surface area contributed by atoms with Crippen molar-refractivity contribution in [3.05, 3.63) is 64.6 Å². The van der Waals surface area contributed by atoms with Gasteiger partial charge in [-0.2, -0.15) is 0 Å². The first-order valence-electron chi connectivity index (χ1n) is 11.1. The summed E-state index contributed by atoms with van der Waals surface area (Å²) in [4.78, 5) is 27.8. The van der Waals surface area contributed by atoms with Gasteiger partial charge in [0.1, 0.15) is 6.04 Å². The molecule has 6 heteroatoms. The van der Waals surface area contributed by atoms with Gasteiger partial charge in [0.15, 0.2) is 0 Å². The molecule has 1 saturated heterocycles. The maximum atomic E-state index is 13.3. The Labute approximate surface area is 193 Å². The summed E-state index contributed by atoms with van der Waals surface area (Å²) in [5, 5.41) is 5.76. The first kappa shape index (κ1) is 23.3. The predicted octanol–water partition coefficient (Wildman–Crippen LogP) is 5.47. The van der Waals surface area contributed by atoms with Crippen LogP contribution in [0.25, 0.3) is 0 Å². The molecule has 3 amide bonds. The number of nitrogens with zero attached hydrogens (tertiary/aromatic N) is 1. The summed E-state index contributed by atoms with van der Waals surface area (Å²) >= 11 is 3.39. The van der Waals surface area contributed by atoms with Gasteiger partial charge >= 0.3 is 6.03 Å². The van der Waals surface area contributed by atoms with E-state index in [0.717, 1.165) is 43.2 Å². The first-order chi connectivity index (χ1) is 15.0. The van der Waals surface area contributed by atoms with Crippen molar-refractivity contribution in [3.63, 3.8) is 0 Å². The van der Waals surface area contributed by atoms with Crippen LogP contribution in [0.1, 0.15) is 38.7 Å². The van der Waals surface area contributed by atoms with Crippen LogP contribution < -0.4 is 10.6 Å². The second-order valence-corrected chi connectivity index (χ2v) is 9.34. The van der Waals surface area contributed by atoms with Gasteiger partial charge < -0.3 is 15.5 Å². The number of likely N-dealkylation sites (tertiary alicyclic amines) is 1. The molecule has 0 aromatic heterocycles. The molecule has 1 aliphatic rings. The Morgan fingerprint density at radius 1 is 1.06 bits per heavy atom. The van der Waals surface area contributed by atoms with Gasteiger partial charge in [-0.3, -0.25) is 4.79 Å². The summed E-state index contributed by atoms with van der Waals surface area (Å²) in [7, 11) is 0. The lowest BCUT2D eigenvalue weighted by Gasteiger charge is -2.36. The fraction of sp³-hybridized carbons (Fsp3) is 0.440. The number of piperidine rings is 1. The summed E-state index contributed by atoms with van der Waals surface area (Å²) in [5.74, 6) is 0.686. The van der Waals surface area contributed by atoms with Crippen molar-refractivity contribution < 1.29 is 9.59 Å². The number of anilines is 1. The number of hydrogen-bond acceptors (Lipinski definition) is 2. The van der Waals surface area contributed by atoms with Crippen molar-refractivity contribution in [3.8, 4) is 0 Å². The highest BCUT2D eigenvalue weighted by Gasteiger charge is 2.32. The Hall–Kier alpha value is -2.34. The molecule has 2 atom stereocenters. The average molecular weight is 486 g/mol. The molecule has 3 rings (SSSR count). The number of carbonyl (C=O) groups excluding carboxylic acids is 2. The van der Waals surface area contributed by atoms with Crippen molar-refractivity contribution >= 4 is 33.6 Å². The van der Waals surface area contributed by atoms with Crippen LogP contribution in [0.3, 0.4) is 0 Å². The van der Waals surface area contributed by atoms with Crippen LogP contribution in [-0.2, 0) is 11.2 Å². The van der Waals surface area contributed by atoms with E-state index in [9.17, 15) is 9.59 Å². The Bertz CT molecular complexity index is 849. The van der Waals surface area contributed by atoms with Gasteiger partial charge in [-0.1, -0.05) is 66.5 Å². The molecule has 2 unspecified atom stereocenters. The van der Waals surface area contributed by atoms with Gasteiger partial charge in [-0.25, -0.2) is 4.79 Å². The summed E-state index contributed by atoms with van der Waals surface area (Å²) in [6, 6.07) is 17.0. The lowest BCUT2D eigenvalue weighted by molar-refractivity contribution is -0.135. The number of carbonyl (C=O) groups is 2. The highest BCUT2D eigenvalue weighted by Crippen LogP contribution is 2.23. The monoisotopic (exact) mass is 485 g/mol. The van der Waals surface area contributed by atoms with E-state index < -0.39 is 6.04 Å². The number of rotatable bonds is 7. The number of hydrogen-bond donors (Lipinski definition) is 2. The highest BCUT2D eigenvalue weighted by atomic mass is 79.9. The second kappa shape index (κ2) is 11.3. The Kier molecular flexibility index (Phi) is 8.52. The molecule has 2 aromatic rings. The van der Waals surface area contributed by atoms with Crippen LogP contribution in [0.15, 0.2) is 59.1 Å². The van der Waals surface area contributed by atoms with E-state index in [1.807, 2.05) is 49.1 Å². The third-order valence-corrected chi connectivity index (χ3v) is 6.69. The number of urea groups is 1. The largest absolute Gasteiger partial charge is 0.341 e. The van der Waals surface area contributed by atoms with E-state index in [2.05, 4.69) is 50.8 Å². The van der Waals surface area contributed by atoms with Crippen molar-refractivity contribution in [2.24, 2.45) is 11.8 Å². The summed E-state index contributed by atoms with van der Waals surface area (Å²) in [6.07, 6.45) is 3.88. The summed E-state index contributed by atoms with van der Waals surface area (Å²) in [6.45, 7) is 5.56. The average Bonchev–Trinajstić information content (AvgIpc) is 2.79. The van der Waals surface area contributed by atoms with Crippen molar-refractivity contribution in [2.75, 3.05) is 18.4 Å². The van der Waals surface area contributed by atoms with Gasteiger partial charge in [0.05, 0.1) is 0 Å². The van der Waals surface area contributed by atoms with E-state index in [1.54, 1.807) is 0 Å². The van der Waals surface area contributed by atoms with Crippen molar-refractivity contribution in [1.29, 1.82) is 0 Å². The van der Waals surface area contributed by atoms with Crippen molar-refractivity contribution in [2.45, 2.75) is 45.6 Å². The number of amides is 3. The summed E-state index contributed by atoms with van der Waals surface area (Å²) < 4.78 is 0.946. The fourth-order valence-electron chi connectivity index (χ4n) is 4.03. The molecule has 1 fully saturated rings. The van der Waals surface area contributed by atoms with Crippen LogP contribution >= 0.6 is 15.9 Å². The van der Waals surface area contributed by atoms with E-state index in [4.69, 9.17) is 0 Å². The second-order valence-electron chi connectivity index (χ2n) is 8.43. The molecule has 0 spiro atoms. The van der Waals surface area contributed by atoms with Crippen LogP contribution in [0.2, 0.25) is 0 Å². The normalized spacial score (nSPS) is 16.4. The standard InChI is InChI=1S/C25H32BrN3O2/c1-3-18(2)23(28-25(31)27-22-11-9-21(26)10-12-22)24(30)29-15-13-20(14-16-29)17-19-7-5-4-6-8-19/h4-12,18,20,23H,3,13-17H2,1-2H3,(H2,27,28,31). The van der Waals surface area contributed by atoms with Crippen LogP contribution in [0.5, 0.6) is 0 Å². The quantitative estimate of drug-likeness (QED) is 0.546. The van der Waals surface area contributed by atoms with Gasteiger partial charge in [0.2, 0.25) is 5.91 Å². The van der Waals surface area contributed by atoms with Crippen LogP contribution in [-0.4, -0.2) is 36.0 Å². The number of benzene rings is 2. The molecule has 0 aliphatic carbocycles. The molecule has 5 nitrogen and oxygen atoms in total. The molecule has 1 aliphatic heterocycles. The molecule has 1 heterocycles. The van der Waals surface area contributed by atoms with Crippen LogP contribution in [0.4, 0.5) is 10.5 Å². The van der Waals surface area contributed by atoms with Gasteiger partial charge in [-0.05, 0) is 60.9 Å². The molecule has 31 heavy (non-hydrogen) atoms. The molecule has 0 radical (unpaired) electrons. The van der Waals surface area contributed by atoms with E-state index in [1.165, 1.54) is 5.56 Å². The zero-order valence-electron chi connectivity index (χ0n) is 18.3. The molecule has 0 bridgehead atoms. The fourth-order valence-corrected chi connectivity index (χ4v) is 4.29. The van der Waals surface area contributed by atoms with Crippen molar-refractivity contribution in [1.82, 2.24) is 10.2 Å². The minimum Gasteiger partial charge on any atom is -0.341 e. The lowest BCUT2D eigenvalue weighted by Crippen LogP contribution is -2.54. The minimum absolute atomic E-state index is 0.0264. The number of halogens is 1. The predicted molar refractivity (Wildman–Crippen MR) is 129 cm³/mol. The zero-order chi connectivity index (χ0) is 22.2. The van der Waals surface area contributed by atoms with Gasteiger partial charge in [0.25, 0.3) is 0 Å². The first-order valence-corrected chi connectivity index (χ1v) is 11.9. The van der Waals surface area contributed by atoms with Gasteiger partial charge in [0, 0.05) is 23.2 Å². The van der Waals surface area contributed by atoms with Crippen LogP contribution in [0, 0.1) is 11.8 Å². The van der Waals surface area contributed by atoms with E-state index in [0.29, 0.717) is 11.6 Å². The SMILES string of the molecule is CCC(C)C(NC(=O)Nc1ccc(Br)cc1)C(=O)N1CCC(Cc2ccccc2)CC1. The highest BCUT2D eigenvalue weighted by molar-refractivity contribution is 9.10. The molecular formula is C25H32BrN3O2. The maximum Gasteiger partial charge on any atom is 0.319 e. The molecule has 0 saturated carbocycles. The smallest absolute Gasteiger partial charge is 0.319 e. The molecular weight excluding hydrogens is 454 g/mol. The third-order valence-electron chi connectivity index (χ3n) is 6.16. The molecule has 2 aromatic carbocycles. The topological polar surface area (TPSA) is 61.4 Å². The van der Waals surface area contributed by atoms with Gasteiger partial charge in [-0.15, -0.1) is 0 Å². The Morgan fingerprint density at radius 3 is 2.32 bits per heavy atom. The lowest BCUT2D eigenvalue weighted by atomic mass is 9.89. The Balaban J connectivity index is 1.55. The van der Waals surface area contributed by atoms with E-state index >= 15 is 0 Å². The maximum absolute atomic E-state index is 13.3. The molecule has 2 N–H and O–H groups in total. The third kappa shape index (κ3) is 6.82. The Morgan fingerprint density at radius 2 is 1.71 bits per heavy atom. The van der Waals surface area contributed by atoms with E-state index in [-0.39, 0.29) is 17.9 Å². The zero-order valence-corrected chi connectivity index (χ0v) is 19.9. The summed E-state index contributed by atoms with van der Waals surface area (Å²) in [5.41, 5.74) is 2.05. The number of nitrogens with one attached hydrogen (secondary N) is 2. The molecule has 166 valence electrons. The minimum atomic E-state index is -0.522.